The van der Waals surface area contributed by atoms with E-state index in [1.165, 1.54) is 11.1 Å². The Balaban J connectivity index is 0.993. The maximum absolute atomic E-state index is 13.0. The first-order chi connectivity index (χ1) is 36.2. The van der Waals surface area contributed by atoms with Crippen LogP contribution in [0.4, 0.5) is 28.1 Å². The number of carbonyl (C=O) groups excluding carboxylic acids is 4. The second-order valence-electron chi connectivity index (χ2n) is 20.7. The molecular formula is C55H85Cl2N13O6+2. The largest absolute Gasteiger partial charge is 0.494 e. The number of nitrogens with zero attached hydrogens (tertiary/aromatic N) is 6. The Bertz CT molecular complexity index is 2290. The molecule has 4 aromatic rings. The molecule has 0 radical (unpaired) electrons. The highest BCUT2D eigenvalue weighted by molar-refractivity contribution is 6.32. The van der Waals surface area contributed by atoms with Crippen molar-refractivity contribution in [3.8, 4) is 11.5 Å². The van der Waals surface area contributed by atoms with Crippen LogP contribution < -0.4 is 48.4 Å². The van der Waals surface area contributed by atoms with Gasteiger partial charge in [0, 0.05) is 51.5 Å². The minimum absolute atomic E-state index is 0.00551. The number of unbranched alkanes of at least 4 members (excludes halogenated alkanes) is 2. The Kier molecular flexibility index (Phi) is 26.2. The predicted octanol–water partition coefficient (Wildman–Crippen LogP) is 8.02. The molecule has 0 saturated carbocycles. The average molecular weight is 1100 g/mol. The summed E-state index contributed by atoms with van der Waals surface area (Å²) in [7, 11) is 8.82. The fourth-order valence-corrected chi connectivity index (χ4v) is 9.49. The summed E-state index contributed by atoms with van der Waals surface area (Å²) >= 11 is 12.0. The number of aromatic nitrogens is 4. The summed E-state index contributed by atoms with van der Waals surface area (Å²) in [6.45, 7) is 8.32. The maximum atomic E-state index is 13.0. The van der Waals surface area contributed by atoms with Gasteiger partial charge in [0.05, 0.1) is 67.0 Å². The van der Waals surface area contributed by atoms with Crippen molar-refractivity contribution in [3.05, 3.63) is 81.4 Å². The zero-order valence-electron chi connectivity index (χ0n) is 45.7. The molecule has 418 valence electrons. The number of nitrogens with one attached hydrogen (secondary N) is 3. The number of benzene rings is 2. The lowest BCUT2D eigenvalue weighted by Crippen LogP contribution is -2.54. The fraction of sp³-hybridized carbons (Fsp3) is 0.564. The topological polar surface area (TPSA) is 278 Å². The molecule has 19 nitrogen and oxygen atoms in total. The molecule has 4 rings (SSSR count). The Labute approximate surface area is 460 Å². The molecule has 3 amide bonds. The second-order valence-corrected chi connectivity index (χ2v) is 21.4. The van der Waals surface area contributed by atoms with Crippen molar-refractivity contribution < 1.29 is 37.6 Å². The number of nitrogens with two attached hydrogens (primary N) is 4. The molecule has 21 heteroatoms. The first kappa shape index (κ1) is 62.5. The van der Waals surface area contributed by atoms with Gasteiger partial charge in [0.15, 0.2) is 45.1 Å². The molecule has 0 aliphatic carbocycles. The standard InChI is InChI=1S/C55H83Cl2N13O6/c1-7-15-40(25-30-45(72)46-50(58)67-52(60)48(56)65-46)69(3,4)33-12-17-38-21-26-43(27-22-38)75-35-14-20-42(71)19-10-9-11-31-62-55(74)63-32-36-76-44-28-23-39(24-29-44)18-13-34-70(5,6)41(16-8-2)37-64-54(73)47-51(59)68-53(61)49(57)66-47/h21-24,26-29,40-41H,7-20,25,30-37H2,1-6H3,(H9-2,58,59,60,61,62,63,64,67,68,72,73,74)/p+2/t40-,41-/m0/s1. The van der Waals surface area contributed by atoms with Gasteiger partial charge in [-0.2, -0.15) is 0 Å². The van der Waals surface area contributed by atoms with Crippen molar-refractivity contribution in [2.24, 2.45) is 0 Å². The van der Waals surface area contributed by atoms with Gasteiger partial charge in [-0.3, -0.25) is 14.4 Å². The van der Waals surface area contributed by atoms with E-state index in [-0.39, 0.29) is 68.6 Å². The number of halogens is 2. The van der Waals surface area contributed by atoms with Crippen molar-refractivity contribution in [2.45, 2.75) is 129 Å². The van der Waals surface area contributed by atoms with Crippen LogP contribution in [0.5, 0.6) is 11.5 Å². The fourth-order valence-electron chi connectivity index (χ4n) is 9.23. The molecular weight excluding hydrogens is 1010 g/mol. The van der Waals surface area contributed by atoms with Gasteiger partial charge in [-0.15, -0.1) is 0 Å². The number of carbonyl (C=O) groups is 4. The SMILES string of the molecule is CCC[C@@H](CCC(=O)c1nc(Cl)c(N)nc1N)[N+](C)(C)CCCc1ccc(OCCCC(=O)CCCCCNC(=O)NCCOc2ccc(CCC[N+](C)(C)[C@@H](CCC)CNC(=O)c3nc(Cl)c(N)nc3N)cc2)cc1. The number of likely N-dealkylation sites (N-methyl/N-ethyl adjacent to an activating group) is 1. The number of ketones is 2. The van der Waals surface area contributed by atoms with E-state index in [9.17, 15) is 19.2 Å². The third kappa shape index (κ3) is 21.5. The van der Waals surface area contributed by atoms with Gasteiger partial charge >= 0.3 is 6.03 Å². The Morgan fingerprint density at radius 3 is 1.63 bits per heavy atom. The molecule has 2 atom stereocenters. The van der Waals surface area contributed by atoms with Crippen molar-refractivity contribution >= 4 is 70.0 Å². The highest BCUT2D eigenvalue weighted by atomic mass is 35.5. The van der Waals surface area contributed by atoms with Crippen LogP contribution in [0.3, 0.4) is 0 Å². The van der Waals surface area contributed by atoms with E-state index in [1.54, 1.807) is 0 Å². The van der Waals surface area contributed by atoms with E-state index in [4.69, 9.17) is 55.6 Å². The molecule has 11 N–H and O–H groups in total. The first-order valence-electron chi connectivity index (χ1n) is 26.8. The maximum Gasteiger partial charge on any atom is 0.314 e. The van der Waals surface area contributed by atoms with E-state index < -0.39 is 5.91 Å². The van der Waals surface area contributed by atoms with Gasteiger partial charge in [-0.05, 0) is 73.9 Å². The lowest BCUT2D eigenvalue weighted by Gasteiger charge is -2.38. The van der Waals surface area contributed by atoms with Crippen LogP contribution in [0.15, 0.2) is 48.5 Å². The molecule has 0 bridgehead atoms. The summed E-state index contributed by atoms with van der Waals surface area (Å²) < 4.78 is 13.3. The highest BCUT2D eigenvalue weighted by Crippen LogP contribution is 2.25. The van der Waals surface area contributed by atoms with Gasteiger partial charge in [0.1, 0.15) is 35.6 Å². The van der Waals surface area contributed by atoms with Gasteiger partial charge in [0.2, 0.25) is 0 Å². The molecule has 76 heavy (non-hydrogen) atoms. The summed E-state index contributed by atoms with van der Waals surface area (Å²) in [5.41, 5.74) is 25.6. The number of anilines is 4. The Hall–Kier alpha value is -6.02. The zero-order valence-corrected chi connectivity index (χ0v) is 47.2. The minimum atomic E-state index is -0.433. The highest BCUT2D eigenvalue weighted by Gasteiger charge is 2.30. The number of amides is 3. The Morgan fingerprint density at radius 2 is 1.05 bits per heavy atom. The summed E-state index contributed by atoms with van der Waals surface area (Å²) in [6.07, 6.45) is 12.8. The molecule has 2 heterocycles. The van der Waals surface area contributed by atoms with E-state index in [0.717, 1.165) is 104 Å². The number of quaternary nitrogens is 2. The number of aryl methyl sites for hydroxylation is 2. The molecule has 0 fully saturated rings. The van der Waals surface area contributed by atoms with Crippen molar-refractivity contribution in [1.82, 2.24) is 35.9 Å². The van der Waals surface area contributed by atoms with Crippen LogP contribution in [0, 0.1) is 0 Å². The van der Waals surface area contributed by atoms with Crippen LogP contribution in [0.25, 0.3) is 0 Å². The van der Waals surface area contributed by atoms with Gasteiger partial charge in [-0.25, -0.2) is 24.7 Å². The quantitative estimate of drug-likeness (QED) is 0.0129. The number of rotatable bonds is 36. The lowest BCUT2D eigenvalue weighted by atomic mass is 9.99. The second kappa shape index (κ2) is 31.9. The van der Waals surface area contributed by atoms with Gasteiger partial charge < -0.3 is 57.3 Å². The van der Waals surface area contributed by atoms with E-state index >= 15 is 0 Å². The molecule has 0 spiro atoms. The molecule has 2 aromatic carbocycles. The summed E-state index contributed by atoms with van der Waals surface area (Å²) in [5, 5.41) is 8.60. The molecule has 2 aromatic heterocycles. The van der Waals surface area contributed by atoms with Crippen LogP contribution in [-0.4, -0.2) is 139 Å². The average Bonchev–Trinajstić information content (AvgIpc) is 3.38. The number of Topliss-reactive ketones (excluding diaryl/α,β-unsaturated/α-hetero) is 2. The normalized spacial score (nSPS) is 12.4. The van der Waals surface area contributed by atoms with Crippen LogP contribution >= 0.6 is 23.2 Å². The number of ether oxygens (including phenoxy) is 2. The molecule has 0 unspecified atom stereocenters. The van der Waals surface area contributed by atoms with Crippen molar-refractivity contribution in [3.63, 3.8) is 0 Å². The number of urea groups is 1. The molecule has 0 saturated heterocycles. The van der Waals surface area contributed by atoms with Gasteiger partial charge in [0.25, 0.3) is 5.91 Å². The lowest BCUT2D eigenvalue weighted by molar-refractivity contribution is -0.916. The van der Waals surface area contributed by atoms with E-state index in [1.807, 2.05) is 24.3 Å². The van der Waals surface area contributed by atoms with Crippen LogP contribution in [0.1, 0.15) is 136 Å². The Morgan fingerprint density at radius 1 is 0.553 bits per heavy atom. The summed E-state index contributed by atoms with van der Waals surface area (Å²) in [4.78, 5) is 66.6. The number of hydrogen-bond acceptors (Lipinski definition) is 14. The van der Waals surface area contributed by atoms with Crippen molar-refractivity contribution in [1.29, 1.82) is 0 Å². The summed E-state index contributed by atoms with van der Waals surface area (Å²) in [5.74, 6) is 1.07. The zero-order chi connectivity index (χ0) is 55.7. The van der Waals surface area contributed by atoms with Gasteiger partial charge in [-0.1, -0.05) is 80.6 Å². The van der Waals surface area contributed by atoms with E-state index in [0.29, 0.717) is 71.0 Å². The predicted molar refractivity (Wildman–Crippen MR) is 304 cm³/mol. The first-order valence-corrected chi connectivity index (χ1v) is 27.6. The van der Waals surface area contributed by atoms with Crippen LogP contribution in [-0.2, 0) is 17.6 Å². The minimum Gasteiger partial charge on any atom is -0.494 e. The number of hydrogen-bond donors (Lipinski definition) is 7. The third-order valence-electron chi connectivity index (χ3n) is 13.9. The monoisotopic (exact) mass is 1090 g/mol. The van der Waals surface area contributed by atoms with Crippen LogP contribution in [0.2, 0.25) is 10.3 Å². The number of nitrogen functional groups attached to an aromatic ring is 4. The smallest absolute Gasteiger partial charge is 0.314 e. The molecule has 0 aliphatic rings. The summed E-state index contributed by atoms with van der Waals surface area (Å²) in [6, 6.07) is 16.4. The van der Waals surface area contributed by atoms with E-state index in [2.05, 4.69) is 102 Å². The van der Waals surface area contributed by atoms with Crippen molar-refractivity contribution in [2.75, 3.05) is 97.1 Å². The molecule has 0 aliphatic heterocycles. The third-order valence-corrected chi connectivity index (χ3v) is 14.5.